The number of carbonyl (C=O) groups is 1. The van der Waals surface area contributed by atoms with Gasteiger partial charge in [-0.2, -0.15) is 0 Å². The molecule has 1 aromatic carbocycles. The molecule has 0 radical (unpaired) electrons. The zero-order valence-electron chi connectivity index (χ0n) is 14.2. The van der Waals surface area contributed by atoms with E-state index in [-0.39, 0.29) is 17.6 Å². The van der Waals surface area contributed by atoms with Gasteiger partial charge in [-0.25, -0.2) is 4.39 Å². The van der Waals surface area contributed by atoms with E-state index in [1.807, 2.05) is 4.90 Å². The van der Waals surface area contributed by atoms with Crippen LogP contribution in [-0.4, -0.2) is 43.4 Å². The standard InChI is InChI=1S/C17H21FN4O3/c1-11-9-16(25-21-11)20-17(23)12(2)19-13-3-4-15(14(18)10-13)22-5-7-24-8-6-22/h3-4,9-10,12,19H,5-8H2,1-2H3,(H,20,23)/t12-/m0/s1. The topological polar surface area (TPSA) is 79.6 Å². The molecule has 1 fully saturated rings. The van der Waals surface area contributed by atoms with E-state index in [4.69, 9.17) is 9.26 Å². The maximum Gasteiger partial charge on any atom is 0.248 e. The van der Waals surface area contributed by atoms with Gasteiger partial charge in [0.25, 0.3) is 0 Å². The fourth-order valence-corrected chi connectivity index (χ4v) is 2.63. The molecule has 2 N–H and O–H groups in total. The molecule has 3 rings (SSSR count). The Kier molecular flexibility index (Phi) is 5.18. The normalized spacial score (nSPS) is 15.7. The van der Waals surface area contributed by atoms with Crippen LogP contribution in [-0.2, 0) is 9.53 Å². The molecular formula is C17H21FN4O3. The number of halogens is 1. The number of aryl methyl sites for hydroxylation is 1. The van der Waals surface area contributed by atoms with Crippen molar-refractivity contribution < 1.29 is 18.4 Å². The van der Waals surface area contributed by atoms with Crippen LogP contribution in [0.4, 0.5) is 21.6 Å². The number of nitrogens with one attached hydrogen (secondary N) is 2. The predicted octanol–water partition coefficient (Wildman–Crippen LogP) is 2.40. The largest absolute Gasteiger partial charge is 0.378 e. The van der Waals surface area contributed by atoms with Crippen LogP contribution in [0.5, 0.6) is 0 Å². The number of anilines is 3. The maximum atomic E-state index is 14.4. The van der Waals surface area contributed by atoms with Gasteiger partial charge >= 0.3 is 0 Å². The molecule has 0 bridgehead atoms. The summed E-state index contributed by atoms with van der Waals surface area (Å²) in [6.07, 6.45) is 0. The van der Waals surface area contributed by atoms with Crippen molar-refractivity contribution in [2.24, 2.45) is 0 Å². The highest BCUT2D eigenvalue weighted by molar-refractivity contribution is 5.95. The molecule has 1 atom stereocenters. The molecule has 2 heterocycles. The molecule has 0 unspecified atom stereocenters. The smallest absolute Gasteiger partial charge is 0.248 e. The Bertz CT molecular complexity index is 743. The number of ether oxygens (including phenoxy) is 1. The van der Waals surface area contributed by atoms with Gasteiger partial charge in [-0.05, 0) is 32.0 Å². The van der Waals surface area contributed by atoms with Crippen LogP contribution in [0.2, 0.25) is 0 Å². The zero-order chi connectivity index (χ0) is 17.8. The van der Waals surface area contributed by atoms with E-state index in [1.165, 1.54) is 6.07 Å². The average molecular weight is 348 g/mol. The number of hydrogen-bond donors (Lipinski definition) is 2. The Morgan fingerprint density at radius 2 is 2.08 bits per heavy atom. The van der Waals surface area contributed by atoms with E-state index < -0.39 is 6.04 Å². The molecule has 0 spiro atoms. The molecular weight excluding hydrogens is 327 g/mol. The molecule has 1 aliphatic rings. The second kappa shape index (κ2) is 7.52. The summed E-state index contributed by atoms with van der Waals surface area (Å²) in [4.78, 5) is 14.1. The molecule has 1 aromatic heterocycles. The fraction of sp³-hybridized carbons (Fsp3) is 0.412. The quantitative estimate of drug-likeness (QED) is 0.864. The molecule has 1 amide bonds. The second-order valence-corrected chi connectivity index (χ2v) is 5.95. The molecule has 1 saturated heterocycles. The van der Waals surface area contributed by atoms with Crippen LogP contribution in [0.15, 0.2) is 28.8 Å². The van der Waals surface area contributed by atoms with Crippen molar-refractivity contribution in [2.75, 3.05) is 41.8 Å². The van der Waals surface area contributed by atoms with Crippen molar-refractivity contribution in [2.45, 2.75) is 19.9 Å². The molecule has 0 aliphatic carbocycles. The van der Waals surface area contributed by atoms with E-state index in [9.17, 15) is 9.18 Å². The number of aromatic nitrogens is 1. The van der Waals surface area contributed by atoms with Crippen LogP contribution in [0.1, 0.15) is 12.6 Å². The Labute approximate surface area is 145 Å². The summed E-state index contributed by atoms with van der Waals surface area (Å²) in [5.41, 5.74) is 1.76. The summed E-state index contributed by atoms with van der Waals surface area (Å²) >= 11 is 0. The first-order valence-electron chi connectivity index (χ1n) is 8.16. The number of hydrogen-bond acceptors (Lipinski definition) is 6. The third kappa shape index (κ3) is 4.27. The minimum absolute atomic E-state index is 0.282. The highest BCUT2D eigenvalue weighted by Gasteiger charge is 2.18. The molecule has 8 heteroatoms. The van der Waals surface area contributed by atoms with E-state index in [1.54, 1.807) is 32.0 Å². The van der Waals surface area contributed by atoms with Gasteiger partial charge in [0.1, 0.15) is 11.9 Å². The van der Waals surface area contributed by atoms with Crippen molar-refractivity contribution in [3.8, 4) is 0 Å². The minimum Gasteiger partial charge on any atom is -0.378 e. The van der Waals surface area contributed by atoms with Gasteiger partial charge in [-0.15, -0.1) is 0 Å². The van der Waals surface area contributed by atoms with Crippen molar-refractivity contribution in [1.29, 1.82) is 0 Å². The minimum atomic E-state index is -0.570. The monoisotopic (exact) mass is 348 g/mol. The van der Waals surface area contributed by atoms with E-state index in [0.29, 0.717) is 43.4 Å². The van der Waals surface area contributed by atoms with Crippen LogP contribution in [0, 0.1) is 12.7 Å². The lowest BCUT2D eigenvalue weighted by Gasteiger charge is -2.29. The van der Waals surface area contributed by atoms with Gasteiger partial charge in [0.05, 0.1) is 24.6 Å². The van der Waals surface area contributed by atoms with E-state index >= 15 is 0 Å². The van der Waals surface area contributed by atoms with E-state index in [0.717, 1.165) is 0 Å². The Balaban J connectivity index is 1.61. The van der Waals surface area contributed by atoms with Crippen molar-refractivity contribution in [3.05, 3.63) is 35.8 Å². The molecule has 25 heavy (non-hydrogen) atoms. The summed E-state index contributed by atoms with van der Waals surface area (Å²) in [7, 11) is 0. The van der Waals surface area contributed by atoms with Crippen molar-refractivity contribution in [1.82, 2.24) is 5.16 Å². The molecule has 0 saturated carbocycles. The number of amides is 1. The van der Waals surface area contributed by atoms with Crippen LogP contribution in [0.3, 0.4) is 0 Å². The fourth-order valence-electron chi connectivity index (χ4n) is 2.63. The van der Waals surface area contributed by atoms with Gasteiger partial charge in [0, 0.05) is 24.8 Å². The van der Waals surface area contributed by atoms with E-state index in [2.05, 4.69) is 15.8 Å². The lowest BCUT2D eigenvalue weighted by Crippen LogP contribution is -2.36. The molecule has 1 aliphatic heterocycles. The summed E-state index contributed by atoms with van der Waals surface area (Å²) < 4.78 is 24.6. The van der Waals surface area contributed by atoms with Gasteiger partial charge in [-0.1, -0.05) is 5.16 Å². The number of carbonyl (C=O) groups excluding carboxylic acids is 1. The number of morpholine rings is 1. The number of nitrogens with zero attached hydrogens (tertiary/aromatic N) is 2. The first kappa shape index (κ1) is 17.2. The Hall–Kier alpha value is -2.61. The highest BCUT2D eigenvalue weighted by Crippen LogP contribution is 2.24. The van der Waals surface area contributed by atoms with Crippen LogP contribution < -0.4 is 15.5 Å². The zero-order valence-corrected chi connectivity index (χ0v) is 14.2. The summed E-state index contributed by atoms with van der Waals surface area (Å²) in [5, 5.41) is 9.30. The average Bonchev–Trinajstić information content (AvgIpc) is 3.00. The summed E-state index contributed by atoms with van der Waals surface area (Å²) in [5.74, 6) is -0.343. The van der Waals surface area contributed by atoms with Gasteiger partial charge in [0.15, 0.2) is 0 Å². The molecule has 2 aromatic rings. The number of benzene rings is 1. The van der Waals surface area contributed by atoms with Gasteiger partial charge in [0.2, 0.25) is 11.8 Å². The Morgan fingerprint density at radius 3 is 2.72 bits per heavy atom. The summed E-state index contributed by atoms with van der Waals surface area (Å²) in [6.45, 7) is 5.97. The van der Waals surface area contributed by atoms with Crippen LogP contribution >= 0.6 is 0 Å². The first-order chi connectivity index (χ1) is 12.0. The van der Waals surface area contributed by atoms with Gasteiger partial charge < -0.3 is 19.5 Å². The summed E-state index contributed by atoms with van der Waals surface area (Å²) in [6, 6.07) is 5.93. The second-order valence-electron chi connectivity index (χ2n) is 5.95. The van der Waals surface area contributed by atoms with Crippen molar-refractivity contribution >= 4 is 23.2 Å². The number of rotatable bonds is 5. The maximum absolute atomic E-state index is 14.4. The van der Waals surface area contributed by atoms with Crippen LogP contribution in [0.25, 0.3) is 0 Å². The highest BCUT2D eigenvalue weighted by atomic mass is 19.1. The first-order valence-corrected chi connectivity index (χ1v) is 8.16. The molecule has 7 nitrogen and oxygen atoms in total. The Morgan fingerprint density at radius 1 is 1.32 bits per heavy atom. The lowest BCUT2D eigenvalue weighted by molar-refractivity contribution is -0.116. The SMILES string of the molecule is Cc1cc(NC(=O)[C@H](C)Nc2ccc(N3CCOCC3)c(F)c2)on1. The third-order valence-corrected chi connectivity index (χ3v) is 3.95. The molecule has 134 valence electrons. The van der Waals surface area contributed by atoms with Gasteiger partial charge in [-0.3, -0.25) is 10.1 Å². The third-order valence-electron chi connectivity index (χ3n) is 3.95. The van der Waals surface area contributed by atoms with Crippen molar-refractivity contribution in [3.63, 3.8) is 0 Å². The lowest BCUT2D eigenvalue weighted by atomic mass is 10.2. The predicted molar refractivity (Wildman–Crippen MR) is 92.4 cm³/mol.